The molecule has 0 N–H and O–H groups in total. The van der Waals surface area contributed by atoms with Gasteiger partial charge in [0.05, 0.1) is 17.6 Å². The van der Waals surface area contributed by atoms with Gasteiger partial charge in [-0.1, -0.05) is 41.4 Å². The lowest BCUT2D eigenvalue weighted by Gasteiger charge is -2.03. The number of oxazole rings is 1. The van der Waals surface area contributed by atoms with E-state index in [4.69, 9.17) is 20.8 Å². The quantitative estimate of drug-likeness (QED) is 0.492. The van der Waals surface area contributed by atoms with Crippen LogP contribution in [0.15, 0.2) is 59.1 Å². The summed E-state index contributed by atoms with van der Waals surface area (Å²) in [5, 5.41) is 0.596. The molecule has 0 fully saturated rings. The number of aromatic nitrogens is 1. The Labute approximate surface area is 145 Å². The number of aryl methyl sites for hydroxylation is 2. The van der Waals surface area contributed by atoms with Gasteiger partial charge in [0.25, 0.3) is 0 Å². The minimum atomic E-state index is -0.323. The molecule has 0 aliphatic rings. The van der Waals surface area contributed by atoms with Crippen LogP contribution >= 0.6 is 11.6 Å². The van der Waals surface area contributed by atoms with Crippen molar-refractivity contribution in [2.75, 3.05) is 0 Å². The first-order valence-corrected chi connectivity index (χ1v) is 7.96. The van der Waals surface area contributed by atoms with Crippen molar-refractivity contribution in [2.24, 2.45) is 0 Å². The first kappa shape index (κ1) is 16.3. The molecule has 0 saturated carbocycles. The van der Waals surface area contributed by atoms with Gasteiger partial charge in [0.1, 0.15) is 5.75 Å². The van der Waals surface area contributed by atoms with Gasteiger partial charge in [-0.2, -0.15) is 0 Å². The summed E-state index contributed by atoms with van der Waals surface area (Å²) in [7, 11) is 0. The molecule has 3 rings (SSSR count). The zero-order chi connectivity index (χ0) is 16.9. The van der Waals surface area contributed by atoms with Crippen LogP contribution in [0.1, 0.15) is 17.9 Å². The Morgan fingerprint density at radius 2 is 1.92 bits per heavy atom. The Morgan fingerprint density at radius 3 is 2.67 bits per heavy atom. The zero-order valence-corrected chi connectivity index (χ0v) is 13.9. The topological polar surface area (TPSA) is 52.3 Å². The third kappa shape index (κ3) is 4.03. The normalized spacial score (nSPS) is 10.6. The average molecular weight is 342 g/mol. The van der Waals surface area contributed by atoms with Crippen LogP contribution in [0.2, 0.25) is 5.02 Å². The summed E-state index contributed by atoms with van der Waals surface area (Å²) in [6.07, 6.45) is 2.17. The van der Waals surface area contributed by atoms with E-state index in [0.717, 1.165) is 11.1 Å². The van der Waals surface area contributed by atoms with Gasteiger partial charge in [-0.05, 0) is 31.2 Å². The minimum Gasteiger partial charge on any atom is -0.441 e. The van der Waals surface area contributed by atoms with Crippen LogP contribution in [0.4, 0.5) is 0 Å². The molecule has 122 valence electrons. The van der Waals surface area contributed by atoms with Crippen LogP contribution in [0.25, 0.3) is 11.3 Å². The van der Waals surface area contributed by atoms with Crippen molar-refractivity contribution in [3.63, 3.8) is 0 Å². The predicted molar refractivity (Wildman–Crippen MR) is 92.1 cm³/mol. The molecule has 0 unspecified atom stereocenters. The molecule has 0 bridgehead atoms. The second kappa shape index (κ2) is 7.32. The first-order valence-electron chi connectivity index (χ1n) is 7.59. The third-order valence-electron chi connectivity index (χ3n) is 3.49. The molecular formula is C19H16ClNO3. The van der Waals surface area contributed by atoms with E-state index in [-0.39, 0.29) is 12.4 Å². The molecule has 0 radical (unpaired) electrons. The summed E-state index contributed by atoms with van der Waals surface area (Å²) < 4.78 is 10.9. The van der Waals surface area contributed by atoms with Crippen LogP contribution in [0.3, 0.4) is 0 Å². The Hall–Kier alpha value is -2.59. The Morgan fingerprint density at radius 1 is 1.17 bits per heavy atom. The van der Waals surface area contributed by atoms with Crippen LogP contribution in [-0.4, -0.2) is 11.0 Å². The molecule has 0 saturated heterocycles. The van der Waals surface area contributed by atoms with E-state index in [9.17, 15) is 4.79 Å². The molecule has 1 aromatic heterocycles. The van der Waals surface area contributed by atoms with Crippen LogP contribution in [0.5, 0.6) is 5.75 Å². The Balaban J connectivity index is 1.58. The second-order valence-electron chi connectivity index (χ2n) is 5.39. The van der Waals surface area contributed by atoms with Crippen LogP contribution in [0, 0.1) is 6.92 Å². The van der Waals surface area contributed by atoms with E-state index in [2.05, 4.69) is 4.98 Å². The van der Waals surface area contributed by atoms with Crippen LogP contribution in [-0.2, 0) is 11.2 Å². The number of esters is 1. The van der Waals surface area contributed by atoms with E-state index in [1.807, 2.05) is 37.3 Å². The fourth-order valence-corrected chi connectivity index (χ4v) is 2.44. The molecular weight excluding hydrogens is 326 g/mol. The molecule has 5 heteroatoms. The lowest BCUT2D eigenvalue weighted by molar-refractivity contribution is -0.134. The maximum absolute atomic E-state index is 11.9. The van der Waals surface area contributed by atoms with E-state index in [1.165, 1.54) is 0 Å². The number of benzene rings is 2. The predicted octanol–water partition coefficient (Wildman–Crippen LogP) is 4.84. The van der Waals surface area contributed by atoms with E-state index < -0.39 is 0 Å². The third-order valence-corrected chi connectivity index (χ3v) is 3.82. The molecule has 3 aromatic rings. The summed E-state index contributed by atoms with van der Waals surface area (Å²) in [6.45, 7) is 1.98. The number of hydrogen-bond donors (Lipinski definition) is 0. The second-order valence-corrected chi connectivity index (χ2v) is 5.79. The molecule has 0 atom stereocenters. The molecule has 0 aliphatic heterocycles. The van der Waals surface area contributed by atoms with Gasteiger partial charge in [-0.3, -0.25) is 4.79 Å². The Kier molecular flexibility index (Phi) is 4.96. The largest absolute Gasteiger partial charge is 0.441 e. The lowest BCUT2D eigenvalue weighted by atomic mass is 10.2. The van der Waals surface area contributed by atoms with Gasteiger partial charge in [-0.15, -0.1) is 0 Å². The highest BCUT2D eigenvalue weighted by molar-refractivity contribution is 6.33. The lowest BCUT2D eigenvalue weighted by Crippen LogP contribution is -2.09. The first-order chi connectivity index (χ1) is 11.6. The molecule has 0 spiro atoms. The van der Waals surface area contributed by atoms with Crippen molar-refractivity contribution in [2.45, 2.75) is 19.8 Å². The fourth-order valence-electron chi connectivity index (χ4n) is 2.21. The number of ether oxygens (including phenoxy) is 1. The maximum Gasteiger partial charge on any atom is 0.311 e. The highest BCUT2D eigenvalue weighted by atomic mass is 35.5. The monoisotopic (exact) mass is 341 g/mol. The van der Waals surface area contributed by atoms with Gasteiger partial charge >= 0.3 is 5.97 Å². The number of nitrogens with zero attached hydrogens (tertiary/aromatic N) is 1. The van der Waals surface area contributed by atoms with E-state index in [0.29, 0.717) is 28.8 Å². The van der Waals surface area contributed by atoms with Crippen LogP contribution < -0.4 is 4.74 Å². The minimum absolute atomic E-state index is 0.191. The van der Waals surface area contributed by atoms with Crippen molar-refractivity contribution in [1.29, 1.82) is 0 Å². The summed E-state index contributed by atoms with van der Waals surface area (Å²) in [4.78, 5) is 16.1. The highest BCUT2D eigenvalue weighted by Crippen LogP contribution is 2.28. The maximum atomic E-state index is 11.9. The molecule has 24 heavy (non-hydrogen) atoms. The summed E-state index contributed by atoms with van der Waals surface area (Å²) in [5.41, 5.74) is 1.89. The van der Waals surface area contributed by atoms with Crippen molar-refractivity contribution >= 4 is 17.6 Å². The summed E-state index contributed by atoms with van der Waals surface area (Å²) in [6, 6.07) is 14.7. The number of hydrogen-bond acceptors (Lipinski definition) is 4. The summed E-state index contributed by atoms with van der Waals surface area (Å²) >= 11 is 6.14. The smallest absolute Gasteiger partial charge is 0.311 e. The number of halogens is 1. The number of rotatable bonds is 5. The molecule has 1 heterocycles. The molecule has 4 nitrogen and oxygen atoms in total. The standard InChI is InChI=1S/C19H16ClNO3/c1-13-6-8-14(9-7-13)23-19(22)11-10-18-21-12-17(24-18)15-4-2-3-5-16(15)20/h2-9,12H,10-11H2,1H3. The average Bonchev–Trinajstić information content (AvgIpc) is 3.04. The van der Waals surface area contributed by atoms with Crippen molar-refractivity contribution < 1.29 is 13.9 Å². The van der Waals surface area contributed by atoms with Gasteiger partial charge in [0, 0.05) is 12.0 Å². The summed E-state index contributed by atoms with van der Waals surface area (Å²) in [5.74, 6) is 1.28. The zero-order valence-electron chi connectivity index (χ0n) is 13.2. The molecule has 0 aliphatic carbocycles. The van der Waals surface area contributed by atoms with Gasteiger partial charge in [0.15, 0.2) is 11.7 Å². The number of carbonyl (C=O) groups excluding carboxylic acids is 1. The van der Waals surface area contributed by atoms with Crippen molar-refractivity contribution in [3.05, 3.63) is 71.2 Å². The Bertz CT molecular complexity index is 840. The number of carbonyl (C=O) groups is 1. The SMILES string of the molecule is Cc1ccc(OC(=O)CCc2ncc(-c3ccccc3Cl)o2)cc1. The highest BCUT2D eigenvalue weighted by Gasteiger charge is 2.12. The van der Waals surface area contributed by atoms with Gasteiger partial charge in [-0.25, -0.2) is 4.98 Å². The molecule has 0 amide bonds. The van der Waals surface area contributed by atoms with Gasteiger partial charge in [0.2, 0.25) is 0 Å². The van der Waals surface area contributed by atoms with E-state index in [1.54, 1.807) is 24.4 Å². The van der Waals surface area contributed by atoms with E-state index >= 15 is 0 Å². The van der Waals surface area contributed by atoms with Crippen molar-refractivity contribution in [3.8, 4) is 17.1 Å². The fraction of sp³-hybridized carbons (Fsp3) is 0.158. The molecule has 2 aromatic carbocycles. The van der Waals surface area contributed by atoms with Crippen molar-refractivity contribution in [1.82, 2.24) is 4.98 Å². The van der Waals surface area contributed by atoms with Gasteiger partial charge < -0.3 is 9.15 Å².